The van der Waals surface area contributed by atoms with Gasteiger partial charge in [-0.3, -0.25) is 4.68 Å². The van der Waals surface area contributed by atoms with Crippen LogP contribution in [-0.4, -0.2) is 14.9 Å². The number of aromatic nitrogens is 2. The molecule has 1 aromatic heterocycles. The third-order valence-corrected chi connectivity index (χ3v) is 5.25. The van der Waals surface area contributed by atoms with E-state index in [1.54, 1.807) is 0 Å². The lowest BCUT2D eigenvalue weighted by molar-refractivity contribution is 0.129. The second-order valence-electron chi connectivity index (χ2n) is 6.05. The van der Waals surface area contributed by atoms with E-state index in [-0.39, 0.29) is 6.10 Å². The quantitative estimate of drug-likeness (QED) is 0.924. The second-order valence-corrected chi connectivity index (χ2v) is 6.90. The normalized spacial score (nSPS) is 32.4. The molecule has 2 saturated carbocycles. The maximum atomic E-state index is 10.7. The van der Waals surface area contributed by atoms with Crippen molar-refractivity contribution in [2.45, 2.75) is 51.7 Å². The van der Waals surface area contributed by atoms with Crippen LogP contribution >= 0.6 is 15.9 Å². The third-order valence-electron chi connectivity index (χ3n) is 4.64. The highest BCUT2D eigenvalue weighted by Crippen LogP contribution is 2.60. The summed E-state index contributed by atoms with van der Waals surface area (Å²) in [6, 6.07) is 0.293. The van der Waals surface area contributed by atoms with E-state index in [2.05, 4.69) is 34.9 Å². The SMILES string of the molecule is CC(C)n1ncc(Br)c1C(O)C1C2CCCCC21. The van der Waals surface area contributed by atoms with Crippen molar-refractivity contribution in [3.05, 3.63) is 16.4 Å². The summed E-state index contributed by atoms with van der Waals surface area (Å²) in [5.74, 6) is 1.99. The zero-order valence-corrected chi connectivity index (χ0v) is 12.6. The highest BCUT2D eigenvalue weighted by Gasteiger charge is 2.55. The minimum absolute atomic E-state index is 0.293. The monoisotopic (exact) mass is 312 g/mol. The van der Waals surface area contributed by atoms with Crippen molar-refractivity contribution in [2.24, 2.45) is 17.8 Å². The Morgan fingerprint density at radius 1 is 1.33 bits per heavy atom. The van der Waals surface area contributed by atoms with Crippen LogP contribution in [-0.2, 0) is 0 Å². The number of fused-ring (bicyclic) bond motifs is 1. The van der Waals surface area contributed by atoms with Crippen molar-refractivity contribution in [3.8, 4) is 0 Å². The molecule has 0 saturated heterocycles. The molecule has 0 aliphatic heterocycles. The Bertz CT molecular complexity index is 431. The average Bonchev–Trinajstić information content (AvgIpc) is 2.95. The van der Waals surface area contributed by atoms with Gasteiger partial charge in [-0.2, -0.15) is 5.10 Å². The molecule has 3 nitrogen and oxygen atoms in total. The lowest BCUT2D eigenvalue weighted by Gasteiger charge is -2.17. The van der Waals surface area contributed by atoms with E-state index in [1.165, 1.54) is 25.7 Å². The van der Waals surface area contributed by atoms with E-state index in [4.69, 9.17) is 0 Å². The maximum absolute atomic E-state index is 10.7. The topological polar surface area (TPSA) is 38.0 Å². The molecule has 1 N–H and O–H groups in total. The molecule has 2 aliphatic rings. The van der Waals surface area contributed by atoms with Gasteiger partial charge in [0, 0.05) is 6.04 Å². The van der Waals surface area contributed by atoms with Crippen molar-refractivity contribution < 1.29 is 5.11 Å². The van der Waals surface area contributed by atoms with Crippen molar-refractivity contribution in [2.75, 3.05) is 0 Å². The lowest BCUT2D eigenvalue weighted by Crippen LogP contribution is -2.14. The van der Waals surface area contributed by atoms with Gasteiger partial charge in [0.15, 0.2) is 0 Å². The molecule has 3 rings (SSSR count). The van der Waals surface area contributed by atoms with Gasteiger partial charge in [-0.15, -0.1) is 0 Å². The van der Waals surface area contributed by atoms with Crippen LogP contribution in [0.4, 0.5) is 0 Å². The summed E-state index contributed by atoms with van der Waals surface area (Å²) in [5.41, 5.74) is 0.976. The molecule has 0 aromatic carbocycles. The highest BCUT2D eigenvalue weighted by molar-refractivity contribution is 9.10. The zero-order chi connectivity index (χ0) is 12.9. The Balaban J connectivity index is 1.84. The molecule has 2 fully saturated rings. The summed E-state index contributed by atoms with van der Waals surface area (Å²) in [7, 11) is 0. The van der Waals surface area contributed by atoms with Crippen LogP contribution in [0.15, 0.2) is 10.7 Å². The van der Waals surface area contributed by atoms with Crippen LogP contribution in [0.3, 0.4) is 0 Å². The first-order valence-electron chi connectivity index (χ1n) is 7.02. The third kappa shape index (κ3) is 1.94. The lowest BCUT2D eigenvalue weighted by atomic mass is 10.0. The van der Waals surface area contributed by atoms with Crippen molar-refractivity contribution >= 4 is 15.9 Å². The Kier molecular flexibility index (Phi) is 3.27. The highest BCUT2D eigenvalue weighted by atomic mass is 79.9. The second kappa shape index (κ2) is 4.64. The largest absolute Gasteiger partial charge is 0.386 e. The first-order chi connectivity index (χ1) is 8.61. The summed E-state index contributed by atoms with van der Waals surface area (Å²) in [6.07, 6.45) is 6.76. The predicted octanol–water partition coefficient (Wildman–Crippen LogP) is 3.70. The minimum Gasteiger partial charge on any atom is -0.386 e. The molecule has 0 bridgehead atoms. The standard InChI is InChI=1S/C14H21BrN2O/c1-8(2)17-13(11(15)7-16-17)14(18)12-9-5-3-4-6-10(9)12/h7-10,12,14,18H,3-6H2,1-2H3. The van der Waals surface area contributed by atoms with Gasteiger partial charge in [-0.05, 0) is 60.4 Å². The Morgan fingerprint density at radius 2 is 1.94 bits per heavy atom. The molecule has 4 heteroatoms. The minimum atomic E-state index is -0.350. The van der Waals surface area contributed by atoms with E-state index in [0.29, 0.717) is 12.0 Å². The summed E-state index contributed by atoms with van der Waals surface area (Å²) in [5, 5.41) is 15.1. The van der Waals surface area contributed by atoms with Crippen LogP contribution in [0.2, 0.25) is 0 Å². The summed E-state index contributed by atoms with van der Waals surface area (Å²) in [6.45, 7) is 4.21. The van der Waals surface area contributed by atoms with Gasteiger partial charge in [0.05, 0.1) is 16.4 Å². The molecule has 2 aliphatic carbocycles. The molecular weight excluding hydrogens is 292 g/mol. The van der Waals surface area contributed by atoms with Gasteiger partial charge < -0.3 is 5.11 Å². The number of aliphatic hydroxyl groups excluding tert-OH is 1. The van der Waals surface area contributed by atoms with E-state index < -0.39 is 0 Å². The fourth-order valence-corrected chi connectivity index (χ4v) is 4.25. The van der Waals surface area contributed by atoms with Gasteiger partial charge >= 0.3 is 0 Å². The zero-order valence-electron chi connectivity index (χ0n) is 11.0. The van der Waals surface area contributed by atoms with Crippen molar-refractivity contribution in [1.82, 2.24) is 9.78 Å². The number of hydrogen-bond donors (Lipinski definition) is 1. The van der Waals surface area contributed by atoms with Gasteiger partial charge in [-0.25, -0.2) is 0 Å². The maximum Gasteiger partial charge on any atom is 0.100 e. The first-order valence-corrected chi connectivity index (χ1v) is 7.81. The Morgan fingerprint density at radius 3 is 2.50 bits per heavy atom. The predicted molar refractivity (Wildman–Crippen MR) is 74.2 cm³/mol. The molecule has 3 unspecified atom stereocenters. The molecule has 1 heterocycles. The Hall–Kier alpha value is -0.350. The van der Waals surface area contributed by atoms with Crippen molar-refractivity contribution in [1.29, 1.82) is 0 Å². The van der Waals surface area contributed by atoms with E-state index in [9.17, 15) is 5.11 Å². The molecule has 0 spiro atoms. The number of rotatable bonds is 3. The van der Waals surface area contributed by atoms with Gasteiger partial charge in [0.1, 0.15) is 6.10 Å². The van der Waals surface area contributed by atoms with Gasteiger partial charge in [-0.1, -0.05) is 12.8 Å². The van der Waals surface area contributed by atoms with Crippen molar-refractivity contribution in [3.63, 3.8) is 0 Å². The summed E-state index contributed by atoms with van der Waals surface area (Å²) in [4.78, 5) is 0. The number of hydrogen-bond acceptors (Lipinski definition) is 2. The van der Waals surface area contributed by atoms with E-state index >= 15 is 0 Å². The average molecular weight is 313 g/mol. The molecule has 0 amide bonds. The number of halogens is 1. The molecule has 100 valence electrons. The van der Waals surface area contributed by atoms with Crippen LogP contribution in [0.1, 0.15) is 57.4 Å². The van der Waals surface area contributed by atoms with E-state index in [0.717, 1.165) is 22.0 Å². The first kappa shape index (κ1) is 12.7. The number of nitrogens with zero attached hydrogens (tertiary/aromatic N) is 2. The molecule has 3 atom stereocenters. The molecule has 0 radical (unpaired) electrons. The van der Waals surface area contributed by atoms with Gasteiger partial charge in [0.25, 0.3) is 0 Å². The molecular formula is C14H21BrN2O. The smallest absolute Gasteiger partial charge is 0.100 e. The summed E-state index contributed by atoms with van der Waals surface area (Å²) < 4.78 is 2.91. The molecule has 18 heavy (non-hydrogen) atoms. The summed E-state index contributed by atoms with van der Waals surface area (Å²) >= 11 is 3.54. The van der Waals surface area contributed by atoms with Crippen LogP contribution in [0.25, 0.3) is 0 Å². The number of aliphatic hydroxyl groups is 1. The Labute approximate surface area is 117 Å². The van der Waals surface area contributed by atoms with Gasteiger partial charge in [0.2, 0.25) is 0 Å². The van der Waals surface area contributed by atoms with E-state index in [1.807, 2.05) is 10.9 Å². The van der Waals surface area contributed by atoms with Crippen LogP contribution in [0, 0.1) is 17.8 Å². The van der Waals surface area contributed by atoms with Crippen LogP contribution < -0.4 is 0 Å². The van der Waals surface area contributed by atoms with Crippen LogP contribution in [0.5, 0.6) is 0 Å². The fraction of sp³-hybridized carbons (Fsp3) is 0.786. The molecule has 1 aromatic rings. The fourth-order valence-electron chi connectivity index (χ4n) is 3.74.